The Morgan fingerprint density at radius 2 is 2.04 bits per heavy atom. The number of hydrogen-bond donors (Lipinski definition) is 2. The van der Waals surface area contributed by atoms with Crippen LogP contribution in [-0.2, 0) is 6.42 Å². The summed E-state index contributed by atoms with van der Waals surface area (Å²) in [5, 5.41) is 19.8. The molecule has 2 unspecified atom stereocenters. The first-order valence-electron chi connectivity index (χ1n) is 7.75. The van der Waals surface area contributed by atoms with Gasteiger partial charge in [-0.2, -0.15) is 5.26 Å². The van der Waals surface area contributed by atoms with Gasteiger partial charge < -0.3 is 9.84 Å². The maximum atomic E-state index is 14.1. The number of aliphatic hydroxyl groups excluding tert-OH is 1. The highest BCUT2D eigenvalue weighted by Crippen LogP contribution is 2.50. The molecule has 2 aromatic rings. The fraction of sp³-hybridized carbons (Fsp3) is 0.278. The van der Waals surface area contributed by atoms with Crippen LogP contribution < -0.4 is 10.0 Å². The summed E-state index contributed by atoms with van der Waals surface area (Å²) in [5.41, 5.74) is 0.536. The van der Waals surface area contributed by atoms with E-state index in [0.29, 0.717) is 13.1 Å². The summed E-state index contributed by atoms with van der Waals surface area (Å²) in [6.07, 6.45) is 1.57. The zero-order chi connectivity index (χ0) is 19.1. The van der Waals surface area contributed by atoms with E-state index in [1.807, 2.05) is 18.6 Å². The minimum atomic E-state index is -3.27. The zero-order valence-corrected chi connectivity index (χ0v) is 15.9. The summed E-state index contributed by atoms with van der Waals surface area (Å²) in [6.45, 7) is 0. The molecule has 0 amide bonds. The lowest BCUT2D eigenvalue weighted by atomic mass is 10.1. The highest BCUT2D eigenvalue weighted by atomic mass is 32.7. The number of benzene rings is 2. The van der Waals surface area contributed by atoms with Gasteiger partial charge in [-0.25, -0.2) is 23.7 Å². The Bertz CT molecular complexity index is 899. The molecule has 0 spiro atoms. The Morgan fingerprint density at radius 3 is 2.69 bits per heavy atom. The van der Waals surface area contributed by atoms with Gasteiger partial charge in [0.25, 0.3) is 5.92 Å². The molecule has 0 saturated carbocycles. The lowest BCUT2D eigenvalue weighted by molar-refractivity contribution is -0.0965. The maximum absolute atomic E-state index is 14.1. The van der Waals surface area contributed by atoms with Crippen LogP contribution in [0.1, 0.15) is 22.8 Å². The topological polar surface area (TPSA) is 53.2 Å². The number of ether oxygens (including phenoxy) is 1. The summed E-state index contributed by atoms with van der Waals surface area (Å²) in [4.78, 5) is 0. The fourth-order valence-corrected chi connectivity index (χ4v) is 6.01. The summed E-state index contributed by atoms with van der Waals surface area (Å²) in [5.74, 6) is -3.72. The van der Waals surface area contributed by atoms with Crippen LogP contribution in [0, 0.1) is 17.1 Å². The second kappa shape index (κ2) is 7.11. The van der Waals surface area contributed by atoms with Gasteiger partial charge in [-0.15, -0.1) is 0 Å². The first-order valence-corrected chi connectivity index (χ1v) is 11.8. The van der Waals surface area contributed by atoms with Gasteiger partial charge in [0.1, 0.15) is 23.4 Å². The molecular formula is C18H17F3NO2PS. The van der Waals surface area contributed by atoms with Crippen molar-refractivity contribution in [3.63, 3.8) is 0 Å². The van der Waals surface area contributed by atoms with Gasteiger partial charge >= 0.3 is 0 Å². The van der Waals surface area contributed by atoms with E-state index in [0.717, 1.165) is 12.1 Å². The highest BCUT2D eigenvalue weighted by Gasteiger charge is 2.49. The fourth-order valence-electron chi connectivity index (χ4n) is 2.93. The number of fused-ring (bicyclic) bond motifs is 1. The van der Waals surface area contributed by atoms with Gasteiger partial charge in [0.2, 0.25) is 0 Å². The monoisotopic (exact) mass is 399 g/mol. The molecule has 0 saturated heterocycles. The number of nitrogens with zero attached hydrogens (tertiary/aromatic N) is 1. The first-order chi connectivity index (χ1) is 12.2. The molecule has 3 nitrogen and oxygen atoms in total. The predicted octanol–water partition coefficient (Wildman–Crippen LogP) is 4.19. The van der Waals surface area contributed by atoms with E-state index in [2.05, 4.69) is 0 Å². The largest absolute Gasteiger partial charge is 0.457 e. The van der Waals surface area contributed by atoms with E-state index in [-0.39, 0.29) is 38.7 Å². The van der Waals surface area contributed by atoms with Crippen molar-refractivity contribution in [2.75, 3.05) is 12.5 Å². The third-order valence-electron chi connectivity index (χ3n) is 3.97. The van der Waals surface area contributed by atoms with E-state index in [1.165, 1.54) is 6.07 Å². The molecule has 0 aromatic heterocycles. The number of aliphatic hydroxyl groups is 1. The van der Waals surface area contributed by atoms with Crippen LogP contribution >= 0.6 is 18.3 Å². The number of nitriles is 1. The first kappa shape index (κ1) is 19.0. The third-order valence-corrected chi connectivity index (χ3v) is 7.16. The molecule has 0 aliphatic heterocycles. The van der Waals surface area contributed by atoms with Gasteiger partial charge in [0.15, 0.2) is 0 Å². The Labute approximate surface area is 153 Å². The predicted molar refractivity (Wildman–Crippen MR) is 100 cm³/mol. The quantitative estimate of drug-likeness (QED) is 0.599. The van der Waals surface area contributed by atoms with E-state index in [4.69, 9.17) is 10.00 Å². The van der Waals surface area contributed by atoms with Gasteiger partial charge in [0.05, 0.1) is 11.6 Å². The van der Waals surface area contributed by atoms with Crippen LogP contribution in [-0.4, -0.2) is 23.5 Å². The van der Waals surface area contributed by atoms with E-state index >= 15 is 0 Å². The van der Waals surface area contributed by atoms with Gasteiger partial charge in [0, 0.05) is 23.6 Å². The molecular weight excluding hydrogens is 382 g/mol. The summed E-state index contributed by atoms with van der Waals surface area (Å²) in [6, 6.07) is 8.57. The van der Waals surface area contributed by atoms with E-state index in [9.17, 15) is 18.3 Å². The van der Waals surface area contributed by atoms with Crippen molar-refractivity contribution in [2.24, 2.45) is 0 Å². The molecule has 0 bridgehead atoms. The Hall–Kier alpha value is -1.74. The molecule has 3 rings (SSSR count). The number of thiol groups is 1. The van der Waals surface area contributed by atoms with Crippen LogP contribution in [0.2, 0.25) is 0 Å². The molecule has 8 heteroatoms. The van der Waals surface area contributed by atoms with Crippen molar-refractivity contribution in [1.82, 2.24) is 0 Å². The van der Waals surface area contributed by atoms with Crippen molar-refractivity contribution in [2.45, 2.75) is 18.4 Å². The average molecular weight is 399 g/mol. The minimum Gasteiger partial charge on any atom is -0.457 e. The molecule has 138 valence electrons. The summed E-state index contributed by atoms with van der Waals surface area (Å²) in [7, 11) is -0.0185. The second-order valence-corrected chi connectivity index (χ2v) is 12.1. The molecule has 26 heavy (non-hydrogen) atoms. The van der Waals surface area contributed by atoms with Crippen molar-refractivity contribution in [3.8, 4) is 17.6 Å². The minimum absolute atomic E-state index is 0.0527. The van der Waals surface area contributed by atoms with E-state index in [1.54, 1.807) is 12.1 Å². The van der Waals surface area contributed by atoms with Gasteiger partial charge in [-0.3, -0.25) is 0 Å². The molecule has 0 heterocycles. The molecule has 0 fully saturated rings. The van der Waals surface area contributed by atoms with Crippen molar-refractivity contribution >= 4 is 23.6 Å². The highest BCUT2D eigenvalue weighted by molar-refractivity contribution is 8.62. The lowest BCUT2D eigenvalue weighted by Crippen LogP contribution is -2.23. The summed E-state index contributed by atoms with van der Waals surface area (Å²) >= 11 is 0. The zero-order valence-electron chi connectivity index (χ0n) is 14.1. The van der Waals surface area contributed by atoms with E-state index < -0.39 is 24.3 Å². The number of rotatable bonds is 4. The van der Waals surface area contributed by atoms with Crippen LogP contribution in [0.15, 0.2) is 30.3 Å². The molecule has 1 aliphatic rings. The van der Waals surface area contributed by atoms with Crippen molar-refractivity contribution in [1.29, 1.82) is 5.26 Å². The average Bonchev–Trinajstić information content (AvgIpc) is 2.79. The SMILES string of the molecule is C[SH](C)Pc1ccc(Oc2cc(F)cc(C#N)c2)c2c1C(O)C(F)(F)C2. The van der Waals surface area contributed by atoms with Crippen LogP contribution in [0.3, 0.4) is 0 Å². The van der Waals surface area contributed by atoms with Gasteiger partial charge in [-0.1, -0.05) is 7.78 Å². The Balaban J connectivity index is 2.05. The third kappa shape index (κ3) is 3.68. The smallest absolute Gasteiger partial charge is 0.281 e. The standard InChI is InChI=1S/C18H17F3NO2PS/c1-26(2)25-15-4-3-14(13-8-18(20,21)17(23)16(13)15)24-12-6-10(9-22)5-11(19)7-12/h3-7,17,23,25-26H,8H2,1-2H3. The summed E-state index contributed by atoms with van der Waals surface area (Å²) < 4.78 is 47.5. The Morgan fingerprint density at radius 1 is 1.31 bits per heavy atom. The van der Waals surface area contributed by atoms with Crippen LogP contribution in [0.4, 0.5) is 13.2 Å². The van der Waals surface area contributed by atoms with Crippen LogP contribution in [0.5, 0.6) is 11.5 Å². The lowest BCUT2D eigenvalue weighted by Gasteiger charge is -2.18. The van der Waals surface area contributed by atoms with Crippen LogP contribution in [0.25, 0.3) is 0 Å². The molecule has 2 aromatic carbocycles. The second-order valence-electron chi connectivity index (χ2n) is 6.24. The molecule has 1 N–H and O–H groups in total. The number of halogens is 3. The van der Waals surface area contributed by atoms with Crippen molar-refractivity contribution < 1.29 is 23.0 Å². The molecule has 2 atom stereocenters. The van der Waals surface area contributed by atoms with Crippen molar-refractivity contribution in [3.05, 3.63) is 52.8 Å². The normalized spacial score (nSPS) is 18.7. The van der Waals surface area contributed by atoms with Gasteiger partial charge in [-0.05, 0) is 42.1 Å². The molecule has 1 aliphatic carbocycles. The number of alkyl halides is 2. The number of hydrogen-bond acceptors (Lipinski definition) is 3. The Kier molecular flexibility index (Phi) is 5.21. The maximum Gasteiger partial charge on any atom is 0.281 e. The molecule has 0 radical (unpaired) electrons.